The summed E-state index contributed by atoms with van der Waals surface area (Å²) in [4.78, 5) is 12.0. The fourth-order valence-corrected chi connectivity index (χ4v) is 4.47. The topological polar surface area (TPSA) is 55.1 Å². The molecule has 94 valence electrons. The van der Waals surface area contributed by atoms with E-state index in [4.69, 9.17) is 5.73 Å². The van der Waals surface area contributed by atoms with E-state index in [1.165, 1.54) is 11.3 Å². The number of amides is 1. The molecule has 18 heavy (non-hydrogen) atoms. The van der Waals surface area contributed by atoms with Crippen molar-refractivity contribution in [3.8, 4) is 0 Å². The first kappa shape index (κ1) is 14.0. The van der Waals surface area contributed by atoms with Crippen LogP contribution in [0, 0.1) is 0 Å². The molecule has 3 nitrogen and oxygen atoms in total. The summed E-state index contributed by atoms with van der Waals surface area (Å²) in [6.45, 7) is 0. The van der Waals surface area contributed by atoms with Crippen molar-refractivity contribution >= 4 is 76.4 Å². The van der Waals surface area contributed by atoms with Gasteiger partial charge in [0.15, 0.2) is 0 Å². The molecule has 7 heteroatoms. The van der Waals surface area contributed by atoms with Crippen LogP contribution in [-0.2, 0) is 0 Å². The lowest BCUT2D eigenvalue weighted by Crippen LogP contribution is -2.11. The van der Waals surface area contributed by atoms with Crippen molar-refractivity contribution in [2.75, 3.05) is 11.1 Å². The Bertz CT molecular complexity index is 612. The second-order valence-electron chi connectivity index (χ2n) is 3.43. The van der Waals surface area contributed by atoms with Gasteiger partial charge in [-0.15, -0.1) is 11.3 Å². The summed E-state index contributed by atoms with van der Waals surface area (Å²) >= 11 is 11.5. The molecule has 1 amide bonds. The van der Waals surface area contributed by atoms with E-state index in [1.54, 1.807) is 24.3 Å². The molecular formula is C11H7Br3N2OS. The van der Waals surface area contributed by atoms with Crippen LogP contribution in [0.3, 0.4) is 0 Å². The maximum Gasteiger partial charge on any atom is 0.257 e. The van der Waals surface area contributed by atoms with Crippen LogP contribution in [0.5, 0.6) is 0 Å². The minimum atomic E-state index is -0.166. The number of halogens is 3. The van der Waals surface area contributed by atoms with E-state index >= 15 is 0 Å². The van der Waals surface area contributed by atoms with Crippen molar-refractivity contribution in [1.82, 2.24) is 0 Å². The molecule has 0 radical (unpaired) electrons. The Hall–Kier alpha value is -0.370. The summed E-state index contributed by atoms with van der Waals surface area (Å²) in [5.41, 5.74) is 7.61. The Morgan fingerprint density at radius 1 is 1.22 bits per heavy atom. The van der Waals surface area contributed by atoms with Gasteiger partial charge in [0.1, 0.15) is 0 Å². The van der Waals surface area contributed by atoms with Gasteiger partial charge in [-0.3, -0.25) is 4.79 Å². The number of hydrogen-bond donors (Lipinski definition) is 2. The number of rotatable bonds is 2. The fourth-order valence-electron chi connectivity index (χ4n) is 1.30. The third kappa shape index (κ3) is 3.14. The Balaban J connectivity index is 2.21. The number of thiophene rings is 1. The van der Waals surface area contributed by atoms with Gasteiger partial charge in [-0.1, -0.05) is 0 Å². The molecular weight excluding hydrogens is 448 g/mol. The molecule has 0 aliphatic rings. The molecule has 0 aliphatic carbocycles. The third-order valence-corrected chi connectivity index (χ3v) is 5.19. The predicted octanol–water partition coefficient (Wildman–Crippen LogP) is 4.87. The normalized spacial score (nSPS) is 10.4. The highest BCUT2D eigenvalue weighted by molar-refractivity contribution is 9.12. The molecule has 1 heterocycles. The van der Waals surface area contributed by atoms with Crippen LogP contribution in [-0.4, -0.2) is 5.91 Å². The number of carbonyl (C=O) groups excluding carboxylic acids is 1. The lowest BCUT2D eigenvalue weighted by Gasteiger charge is -2.06. The summed E-state index contributed by atoms with van der Waals surface area (Å²) < 4.78 is 2.45. The van der Waals surface area contributed by atoms with Gasteiger partial charge in [0, 0.05) is 15.8 Å². The summed E-state index contributed by atoms with van der Waals surface area (Å²) in [5, 5.41) is 2.81. The molecule has 3 N–H and O–H groups in total. The molecule has 2 aromatic rings. The number of hydrogen-bond acceptors (Lipinski definition) is 3. The van der Waals surface area contributed by atoms with Crippen molar-refractivity contribution < 1.29 is 4.79 Å². The Labute approximate surface area is 133 Å². The van der Waals surface area contributed by atoms with E-state index in [0.29, 0.717) is 16.9 Å². The van der Waals surface area contributed by atoms with Gasteiger partial charge in [0.05, 0.1) is 13.1 Å². The van der Waals surface area contributed by atoms with Crippen LogP contribution in [0.2, 0.25) is 0 Å². The zero-order valence-corrected chi connectivity index (χ0v) is 14.4. The van der Waals surface area contributed by atoms with Crippen molar-refractivity contribution in [2.24, 2.45) is 0 Å². The zero-order chi connectivity index (χ0) is 13.3. The highest BCUT2D eigenvalue weighted by atomic mass is 79.9. The first-order chi connectivity index (χ1) is 8.47. The highest BCUT2D eigenvalue weighted by Gasteiger charge is 2.14. The average molecular weight is 455 g/mol. The van der Waals surface area contributed by atoms with Gasteiger partial charge in [0.25, 0.3) is 5.91 Å². The zero-order valence-electron chi connectivity index (χ0n) is 8.84. The Morgan fingerprint density at radius 3 is 2.50 bits per heavy atom. The first-order valence-electron chi connectivity index (χ1n) is 4.78. The van der Waals surface area contributed by atoms with Crippen LogP contribution in [0.4, 0.5) is 11.4 Å². The summed E-state index contributed by atoms with van der Waals surface area (Å²) in [6.07, 6.45) is 0. The van der Waals surface area contributed by atoms with E-state index in [2.05, 4.69) is 53.1 Å². The maximum atomic E-state index is 12.0. The minimum absolute atomic E-state index is 0.166. The van der Waals surface area contributed by atoms with Gasteiger partial charge in [-0.25, -0.2) is 0 Å². The molecule has 1 aromatic heterocycles. The van der Waals surface area contributed by atoms with Crippen molar-refractivity contribution in [2.45, 2.75) is 0 Å². The van der Waals surface area contributed by atoms with Crippen LogP contribution in [0.1, 0.15) is 10.4 Å². The summed E-state index contributed by atoms with van der Waals surface area (Å²) in [7, 11) is 0. The monoisotopic (exact) mass is 452 g/mol. The third-order valence-electron chi connectivity index (χ3n) is 2.16. The van der Waals surface area contributed by atoms with E-state index in [-0.39, 0.29) is 5.91 Å². The second kappa shape index (κ2) is 5.73. The van der Waals surface area contributed by atoms with E-state index in [1.807, 2.05) is 0 Å². The van der Waals surface area contributed by atoms with Gasteiger partial charge in [0.2, 0.25) is 0 Å². The van der Waals surface area contributed by atoms with E-state index in [0.717, 1.165) is 12.0 Å². The van der Waals surface area contributed by atoms with E-state index < -0.39 is 0 Å². The number of anilines is 2. The molecule has 0 unspecified atom stereocenters. The van der Waals surface area contributed by atoms with Crippen LogP contribution in [0.15, 0.2) is 36.3 Å². The van der Waals surface area contributed by atoms with Crippen LogP contribution < -0.4 is 11.1 Å². The highest BCUT2D eigenvalue weighted by Crippen LogP contribution is 2.32. The minimum Gasteiger partial charge on any atom is -0.398 e. The lowest BCUT2D eigenvalue weighted by atomic mass is 10.2. The smallest absolute Gasteiger partial charge is 0.257 e. The number of nitrogens with two attached hydrogens (primary N) is 1. The van der Waals surface area contributed by atoms with Gasteiger partial charge < -0.3 is 11.1 Å². The molecule has 1 aromatic carbocycles. The molecule has 0 saturated carbocycles. The van der Waals surface area contributed by atoms with Crippen LogP contribution >= 0.6 is 59.1 Å². The summed E-state index contributed by atoms with van der Waals surface area (Å²) in [6, 6.07) is 7.03. The maximum absolute atomic E-state index is 12.0. The Kier molecular flexibility index (Phi) is 4.47. The van der Waals surface area contributed by atoms with Gasteiger partial charge in [-0.2, -0.15) is 0 Å². The van der Waals surface area contributed by atoms with E-state index in [9.17, 15) is 4.79 Å². The van der Waals surface area contributed by atoms with Crippen LogP contribution in [0.25, 0.3) is 0 Å². The first-order valence-corrected chi connectivity index (χ1v) is 7.98. The van der Waals surface area contributed by atoms with Gasteiger partial charge in [-0.05, 0) is 72.1 Å². The number of nitrogen functional groups attached to an aromatic ring is 1. The van der Waals surface area contributed by atoms with Crippen molar-refractivity contribution in [3.63, 3.8) is 0 Å². The molecule has 0 aliphatic heterocycles. The lowest BCUT2D eigenvalue weighted by molar-refractivity contribution is 0.102. The predicted molar refractivity (Wildman–Crippen MR) is 86.2 cm³/mol. The standard InChI is InChI=1S/C11H7Br3N2OS/c12-7-3-5(1-2-8(7)15)16-11(17)6-4-9(13)18-10(6)14/h1-4H,15H2,(H,16,17). The molecule has 0 spiro atoms. The Morgan fingerprint density at radius 2 is 1.94 bits per heavy atom. The fraction of sp³-hybridized carbons (Fsp3) is 0. The number of benzene rings is 1. The molecule has 0 saturated heterocycles. The number of carbonyl (C=O) groups is 1. The summed E-state index contributed by atoms with van der Waals surface area (Å²) in [5.74, 6) is -0.166. The molecule has 0 bridgehead atoms. The van der Waals surface area contributed by atoms with Crippen molar-refractivity contribution in [1.29, 1.82) is 0 Å². The SMILES string of the molecule is Nc1ccc(NC(=O)c2cc(Br)sc2Br)cc1Br. The number of nitrogens with one attached hydrogen (secondary N) is 1. The molecule has 2 rings (SSSR count). The van der Waals surface area contributed by atoms with Crippen molar-refractivity contribution in [3.05, 3.63) is 41.9 Å². The second-order valence-corrected chi connectivity index (χ2v) is 8.03. The quantitative estimate of drug-likeness (QED) is 0.636. The molecule has 0 fully saturated rings. The van der Waals surface area contributed by atoms with Gasteiger partial charge >= 0.3 is 0 Å². The molecule has 0 atom stereocenters. The average Bonchev–Trinajstić information content (AvgIpc) is 2.63. The largest absolute Gasteiger partial charge is 0.398 e.